The predicted octanol–water partition coefficient (Wildman–Crippen LogP) is 1.80. The summed E-state index contributed by atoms with van der Waals surface area (Å²) in [5.41, 5.74) is 2.52. The molecule has 4 heteroatoms. The van der Waals surface area contributed by atoms with E-state index < -0.39 is 0 Å². The van der Waals surface area contributed by atoms with Crippen molar-refractivity contribution in [2.24, 2.45) is 0 Å². The van der Waals surface area contributed by atoms with Crippen LogP contribution in [0.5, 0.6) is 0 Å². The van der Waals surface area contributed by atoms with Gasteiger partial charge in [0.25, 0.3) is 0 Å². The molecule has 0 bridgehead atoms. The van der Waals surface area contributed by atoms with Crippen LogP contribution < -0.4 is 0 Å². The van der Waals surface area contributed by atoms with E-state index in [4.69, 9.17) is 0 Å². The molecular weight excluding hydrogens is 214 g/mol. The third-order valence-electron chi connectivity index (χ3n) is 3.23. The second kappa shape index (κ2) is 3.80. The summed E-state index contributed by atoms with van der Waals surface area (Å²) in [5, 5.41) is 0. The molecule has 4 nitrogen and oxygen atoms in total. The average molecular weight is 229 g/mol. The number of hydrogen-bond acceptors (Lipinski definition) is 2. The van der Waals surface area contributed by atoms with E-state index in [9.17, 15) is 4.79 Å². The number of fused-ring (bicyclic) bond motifs is 1. The van der Waals surface area contributed by atoms with Crippen molar-refractivity contribution in [1.82, 2.24) is 14.7 Å². The Kier molecular flexibility index (Phi) is 2.28. The van der Waals surface area contributed by atoms with E-state index in [0.717, 1.165) is 13.1 Å². The fourth-order valence-electron chi connectivity index (χ4n) is 2.30. The minimum Gasteiger partial charge on any atom is -0.361 e. The molecule has 0 radical (unpaired) electrons. The quantitative estimate of drug-likeness (QED) is 0.678. The van der Waals surface area contributed by atoms with Gasteiger partial charge >= 0.3 is 6.03 Å². The van der Waals surface area contributed by atoms with Crippen LogP contribution in [0.4, 0.5) is 4.79 Å². The number of carbonyl (C=O) groups excluding carboxylic acids is 1. The zero-order valence-corrected chi connectivity index (χ0v) is 9.84. The first-order valence-electron chi connectivity index (χ1n) is 5.75. The van der Waals surface area contributed by atoms with Gasteiger partial charge in [-0.1, -0.05) is 24.3 Å². The van der Waals surface area contributed by atoms with Gasteiger partial charge < -0.3 is 9.80 Å². The minimum atomic E-state index is 0.0850. The van der Waals surface area contributed by atoms with Crippen LogP contribution in [-0.4, -0.2) is 34.4 Å². The molecule has 3 rings (SSSR count). The number of nitrogens with zero attached hydrogens (tertiary/aromatic N) is 3. The van der Waals surface area contributed by atoms with E-state index in [0.29, 0.717) is 6.67 Å². The maximum absolute atomic E-state index is 12.2. The molecule has 2 aliphatic rings. The number of benzene rings is 1. The Morgan fingerprint density at radius 3 is 2.29 bits per heavy atom. The molecule has 17 heavy (non-hydrogen) atoms. The van der Waals surface area contributed by atoms with Gasteiger partial charge in [-0.2, -0.15) is 0 Å². The molecule has 2 heterocycles. The van der Waals surface area contributed by atoms with Gasteiger partial charge in [0.2, 0.25) is 0 Å². The summed E-state index contributed by atoms with van der Waals surface area (Å²) in [6.45, 7) is 2.10. The fourth-order valence-corrected chi connectivity index (χ4v) is 2.30. The highest BCUT2D eigenvalue weighted by Crippen LogP contribution is 2.23. The second-order valence-corrected chi connectivity index (χ2v) is 4.57. The van der Waals surface area contributed by atoms with Gasteiger partial charge in [-0.05, 0) is 11.1 Å². The minimum absolute atomic E-state index is 0.0850. The van der Waals surface area contributed by atoms with Crippen LogP contribution in [0, 0.1) is 0 Å². The summed E-state index contributed by atoms with van der Waals surface area (Å²) in [6.07, 6.45) is 3.76. The highest BCUT2D eigenvalue weighted by atomic mass is 16.2. The molecule has 0 N–H and O–H groups in total. The highest BCUT2D eigenvalue weighted by Gasteiger charge is 2.27. The van der Waals surface area contributed by atoms with Crippen LogP contribution in [0.15, 0.2) is 36.7 Å². The van der Waals surface area contributed by atoms with Crippen LogP contribution in [0.1, 0.15) is 11.1 Å². The lowest BCUT2D eigenvalue weighted by Crippen LogP contribution is -2.38. The van der Waals surface area contributed by atoms with Crippen LogP contribution in [0.25, 0.3) is 0 Å². The molecular formula is C13H15N3O. The number of amides is 2. The van der Waals surface area contributed by atoms with E-state index in [1.54, 1.807) is 4.90 Å². The average Bonchev–Trinajstić information content (AvgIpc) is 2.93. The molecule has 1 aromatic carbocycles. The van der Waals surface area contributed by atoms with Crippen molar-refractivity contribution in [1.29, 1.82) is 0 Å². The van der Waals surface area contributed by atoms with Crippen molar-refractivity contribution in [2.75, 3.05) is 13.7 Å². The van der Waals surface area contributed by atoms with Gasteiger partial charge in [0.1, 0.15) is 0 Å². The Hall–Kier alpha value is -1.97. The highest BCUT2D eigenvalue weighted by molar-refractivity contribution is 5.76. The summed E-state index contributed by atoms with van der Waals surface area (Å²) in [6, 6.07) is 8.32. The number of rotatable bonds is 0. The van der Waals surface area contributed by atoms with Gasteiger partial charge in [-0.3, -0.25) is 4.90 Å². The zero-order chi connectivity index (χ0) is 11.8. The van der Waals surface area contributed by atoms with E-state index >= 15 is 0 Å². The third kappa shape index (κ3) is 1.75. The Balaban J connectivity index is 1.73. The van der Waals surface area contributed by atoms with E-state index in [-0.39, 0.29) is 6.03 Å². The molecule has 0 saturated heterocycles. The molecule has 2 aliphatic heterocycles. The van der Waals surface area contributed by atoms with Crippen LogP contribution >= 0.6 is 0 Å². The van der Waals surface area contributed by atoms with Crippen molar-refractivity contribution < 1.29 is 4.79 Å². The largest absolute Gasteiger partial charge is 0.361 e. The lowest BCUT2D eigenvalue weighted by Gasteiger charge is -2.23. The molecule has 1 aromatic rings. The lowest BCUT2D eigenvalue weighted by molar-refractivity contribution is 0.163. The van der Waals surface area contributed by atoms with E-state index in [1.165, 1.54) is 11.1 Å². The summed E-state index contributed by atoms with van der Waals surface area (Å²) < 4.78 is 0. The summed E-state index contributed by atoms with van der Waals surface area (Å²) in [5.74, 6) is 0. The first-order valence-corrected chi connectivity index (χ1v) is 5.75. The Bertz CT molecular complexity index is 458. The summed E-state index contributed by atoms with van der Waals surface area (Å²) in [4.78, 5) is 17.8. The fraction of sp³-hybridized carbons (Fsp3) is 0.308. The zero-order valence-electron chi connectivity index (χ0n) is 9.84. The van der Waals surface area contributed by atoms with Gasteiger partial charge in [0.05, 0.1) is 6.67 Å². The van der Waals surface area contributed by atoms with Crippen LogP contribution in [0.3, 0.4) is 0 Å². The SMILES string of the molecule is CN1C=CN(C(=O)N2Cc3ccccc3C2)C1. The van der Waals surface area contributed by atoms with E-state index in [1.807, 2.05) is 41.4 Å². The molecule has 0 atom stereocenters. The maximum Gasteiger partial charge on any atom is 0.326 e. The van der Waals surface area contributed by atoms with Gasteiger partial charge in [-0.25, -0.2) is 4.79 Å². The number of hydrogen-bond donors (Lipinski definition) is 0. The van der Waals surface area contributed by atoms with Crippen LogP contribution in [-0.2, 0) is 13.1 Å². The third-order valence-corrected chi connectivity index (χ3v) is 3.23. The molecule has 0 aromatic heterocycles. The topological polar surface area (TPSA) is 26.8 Å². The first kappa shape index (κ1) is 10.2. The Morgan fingerprint density at radius 2 is 1.76 bits per heavy atom. The van der Waals surface area contributed by atoms with E-state index in [2.05, 4.69) is 12.1 Å². The Morgan fingerprint density at radius 1 is 1.12 bits per heavy atom. The molecule has 0 saturated carbocycles. The van der Waals surface area contributed by atoms with Gasteiger partial charge in [0, 0.05) is 32.5 Å². The van der Waals surface area contributed by atoms with Gasteiger partial charge in [-0.15, -0.1) is 0 Å². The molecule has 0 aliphatic carbocycles. The molecule has 0 unspecified atom stereocenters. The monoisotopic (exact) mass is 229 g/mol. The number of carbonyl (C=O) groups is 1. The number of urea groups is 1. The Labute approximate surface area is 101 Å². The van der Waals surface area contributed by atoms with Crippen molar-refractivity contribution in [3.63, 3.8) is 0 Å². The summed E-state index contributed by atoms with van der Waals surface area (Å²) in [7, 11) is 1.96. The smallest absolute Gasteiger partial charge is 0.326 e. The van der Waals surface area contributed by atoms with Crippen molar-refractivity contribution in [3.05, 3.63) is 47.8 Å². The molecule has 88 valence electrons. The van der Waals surface area contributed by atoms with Crippen molar-refractivity contribution in [3.8, 4) is 0 Å². The lowest BCUT2D eigenvalue weighted by atomic mass is 10.1. The standard InChI is InChI=1S/C13H15N3O/c1-14-6-7-15(10-14)13(17)16-8-11-4-2-3-5-12(11)9-16/h2-7H,8-10H2,1H3. The molecule has 2 amide bonds. The van der Waals surface area contributed by atoms with Gasteiger partial charge in [0.15, 0.2) is 0 Å². The normalized spacial score (nSPS) is 17.8. The second-order valence-electron chi connectivity index (χ2n) is 4.57. The molecule has 0 fully saturated rings. The predicted molar refractivity (Wildman–Crippen MR) is 64.7 cm³/mol. The molecule has 0 spiro atoms. The van der Waals surface area contributed by atoms with Crippen LogP contribution in [0.2, 0.25) is 0 Å². The van der Waals surface area contributed by atoms with Crippen molar-refractivity contribution in [2.45, 2.75) is 13.1 Å². The summed E-state index contributed by atoms with van der Waals surface area (Å²) >= 11 is 0. The maximum atomic E-state index is 12.2. The first-order chi connectivity index (χ1) is 8.24. The van der Waals surface area contributed by atoms with Crippen molar-refractivity contribution >= 4 is 6.03 Å².